The van der Waals surface area contributed by atoms with Gasteiger partial charge in [-0.1, -0.05) is 0 Å². The van der Waals surface area contributed by atoms with E-state index in [9.17, 15) is 9.59 Å². The van der Waals surface area contributed by atoms with Crippen LogP contribution in [0.15, 0.2) is 18.2 Å². The molecule has 2 aliphatic rings. The quantitative estimate of drug-likeness (QED) is 0.888. The van der Waals surface area contributed by atoms with Gasteiger partial charge < -0.3 is 20.3 Å². The van der Waals surface area contributed by atoms with Crippen LogP contribution in [0.4, 0.5) is 11.4 Å². The van der Waals surface area contributed by atoms with Gasteiger partial charge >= 0.3 is 0 Å². The lowest BCUT2D eigenvalue weighted by atomic mass is 9.99. The van der Waals surface area contributed by atoms with Gasteiger partial charge in [-0.3, -0.25) is 9.59 Å². The second kappa shape index (κ2) is 7.00. The molecule has 2 amide bonds. The van der Waals surface area contributed by atoms with E-state index in [0.29, 0.717) is 24.4 Å². The Morgan fingerprint density at radius 1 is 1.39 bits per heavy atom. The zero-order chi connectivity index (χ0) is 16.2. The average Bonchev–Trinajstić information content (AvgIpc) is 3.01. The average molecular weight is 317 g/mol. The lowest BCUT2D eigenvalue weighted by Gasteiger charge is -2.23. The molecule has 0 radical (unpaired) electrons. The summed E-state index contributed by atoms with van der Waals surface area (Å²) in [7, 11) is 1.59. The summed E-state index contributed by atoms with van der Waals surface area (Å²) in [5.41, 5.74) is 1.44. The lowest BCUT2D eigenvalue weighted by molar-refractivity contribution is -0.120. The molecule has 2 fully saturated rings. The van der Waals surface area contributed by atoms with Crippen LogP contribution in [0.3, 0.4) is 0 Å². The molecule has 0 aliphatic carbocycles. The Labute approximate surface area is 136 Å². The molecule has 2 saturated heterocycles. The fourth-order valence-corrected chi connectivity index (χ4v) is 3.20. The maximum atomic E-state index is 12.4. The maximum Gasteiger partial charge on any atom is 0.228 e. The van der Waals surface area contributed by atoms with Gasteiger partial charge in [0.05, 0.1) is 18.7 Å². The molecule has 6 heteroatoms. The van der Waals surface area contributed by atoms with Crippen molar-refractivity contribution in [2.45, 2.75) is 25.7 Å². The van der Waals surface area contributed by atoms with Crippen LogP contribution in [0.25, 0.3) is 0 Å². The molecule has 0 aromatic heterocycles. The van der Waals surface area contributed by atoms with E-state index < -0.39 is 0 Å². The van der Waals surface area contributed by atoms with Crippen LogP contribution in [0.1, 0.15) is 25.7 Å². The van der Waals surface area contributed by atoms with Crippen molar-refractivity contribution in [1.29, 1.82) is 0 Å². The summed E-state index contributed by atoms with van der Waals surface area (Å²) in [5, 5.41) is 6.22. The van der Waals surface area contributed by atoms with E-state index >= 15 is 0 Å². The molecule has 2 aliphatic heterocycles. The van der Waals surface area contributed by atoms with Crippen molar-refractivity contribution in [3.05, 3.63) is 18.2 Å². The van der Waals surface area contributed by atoms with Crippen molar-refractivity contribution < 1.29 is 14.3 Å². The molecule has 6 nitrogen and oxygen atoms in total. The Hall–Kier alpha value is -2.08. The van der Waals surface area contributed by atoms with E-state index in [4.69, 9.17) is 4.74 Å². The second-order valence-electron chi connectivity index (χ2n) is 6.07. The van der Waals surface area contributed by atoms with Gasteiger partial charge in [0.2, 0.25) is 11.8 Å². The van der Waals surface area contributed by atoms with Crippen LogP contribution in [0.5, 0.6) is 5.75 Å². The van der Waals surface area contributed by atoms with Gasteiger partial charge in [0, 0.05) is 25.2 Å². The summed E-state index contributed by atoms with van der Waals surface area (Å²) >= 11 is 0. The number of benzene rings is 1. The second-order valence-corrected chi connectivity index (χ2v) is 6.07. The van der Waals surface area contributed by atoms with Gasteiger partial charge in [0.1, 0.15) is 5.75 Å². The smallest absolute Gasteiger partial charge is 0.228 e. The van der Waals surface area contributed by atoms with E-state index in [1.807, 2.05) is 12.1 Å². The highest BCUT2D eigenvalue weighted by molar-refractivity contribution is 5.99. The largest absolute Gasteiger partial charge is 0.495 e. The number of carbonyl (C=O) groups excluding carboxylic acids is 2. The van der Waals surface area contributed by atoms with Crippen molar-refractivity contribution >= 4 is 23.2 Å². The number of anilines is 2. The van der Waals surface area contributed by atoms with Gasteiger partial charge in [-0.15, -0.1) is 0 Å². The molecule has 0 spiro atoms. The molecule has 1 aromatic carbocycles. The Morgan fingerprint density at radius 2 is 2.26 bits per heavy atom. The molecular formula is C17H23N3O3. The Morgan fingerprint density at radius 3 is 2.91 bits per heavy atom. The number of nitrogens with one attached hydrogen (secondary N) is 2. The van der Waals surface area contributed by atoms with Crippen molar-refractivity contribution in [3.8, 4) is 5.75 Å². The fraction of sp³-hybridized carbons (Fsp3) is 0.529. The highest BCUT2D eigenvalue weighted by Crippen LogP contribution is 2.34. The monoisotopic (exact) mass is 317 g/mol. The number of hydrogen-bond acceptors (Lipinski definition) is 4. The standard InChI is InChI=1S/C17H23N3O3/c1-23-15-7-6-13(10-14(15)20-9-3-5-16(20)21)19-17(22)12-4-2-8-18-11-12/h6-7,10,12,18H,2-5,8-9,11H2,1H3,(H,19,22). The van der Waals surface area contributed by atoms with Gasteiger partial charge in [0.25, 0.3) is 0 Å². The number of hydrogen-bond donors (Lipinski definition) is 2. The van der Waals surface area contributed by atoms with Crippen molar-refractivity contribution in [2.75, 3.05) is 37.0 Å². The third-order valence-corrected chi connectivity index (χ3v) is 4.48. The van der Waals surface area contributed by atoms with E-state index in [1.54, 1.807) is 18.1 Å². The SMILES string of the molecule is COc1ccc(NC(=O)C2CCCNC2)cc1N1CCCC1=O. The molecule has 1 atom stereocenters. The zero-order valence-corrected chi connectivity index (χ0v) is 13.4. The van der Waals surface area contributed by atoms with E-state index in [1.165, 1.54) is 0 Å². The molecular weight excluding hydrogens is 294 g/mol. The van der Waals surface area contributed by atoms with Crippen molar-refractivity contribution in [1.82, 2.24) is 5.32 Å². The molecule has 2 heterocycles. The third kappa shape index (κ3) is 3.47. The molecule has 124 valence electrons. The summed E-state index contributed by atoms with van der Waals surface area (Å²) in [6, 6.07) is 5.45. The zero-order valence-electron chi connectivity index (χ0n) is 13.4. The fourth-order valence-electron chi connectivity index (χ4n) is 3.20. The van der Waals surface area contributed by atoms with Crippen LogP contribution in [0, 0.1) is 5.92 Å². The first-order valence-electron chi connectivity index (χ1n) is 8.19. The van der Waals surface area contributed by atoms with Gasteiger partial charge in [0.15, 0.2) is 0 Å². The topological polar surface area (TPSA) is 70.7 Å². The summed E-state index contributed by atoms with van der Waals surface area (Å²) in [4.78, 5) is 26.1. The predicted molar refractivity (Wildman–Crippen MR) is 88.8 cm³/mol. The number of nitrogens with zero attached hydrogens (tertiary/aromatic N) is 1. The number of piperidine rings is 1. The van der Waals surface area contributed by atoms with Crippen molar-refractivity contribution in [3.63, 3.8) is 0 Å². The Kier molecular flexibility index (Phi) is 4.81. The van der Waals surface area contributed by atoms with Crippen LogP contribution < -0.4 is 20.3 Å². The predicted octanol–water partition coefficient (Wildman–Crippen LogP) is 1.76. The molecule has 23 heavy (non-hydrogen) atoms. The summed E-state index contributed by atoms with van der Waals surface area (Å²) in [6.45, 7) is 2.39. The van der Waals surface area contributed by atoms with Crippen LogP contribution in [-0.2, 0) is 9.59 Å². The number of amides is 2. The summed E-state index contributed by atoms with van der Waals surface area (Å²) < 4.78 is 5.37. The van der Waals surface area contributed by atoms with E-state index in [0.717, 1.165) is 38.0 Å². The van der Waals surface area contributed by atoms with Gasteiger partial charge in [-0.05, 0) is 44.0 Å². The number of ether oxygens (including phenoxy) is 1. The number of carbonyl (C=O) groups is 2. The highest BCUT2D eigenvalue weighted by atomic mass is 16.5. The third-order valence-electron chi connectivity index (χ3n) is 4.48. The van der Waals surface area contributed by atoms with Crippen LogP contribution in [0.2, 0.25) is 0 Å². The first-order valence-corrected chi connectivity index (χ1v) is 8.19. The van der Waals surface area contributed by atoms with Crippen LogP contribution in [-0.4, -0.2) is 38.6 Å². The lowest BCUT2D eigenvalue weighted by Crippen LogP contribution is -2.37. The molecule has 3 rings (SSSR count). The Bertz CT molecular complexity index is 597. The molecule has 1 unspecified atom stereocenters. The van der Waals surface area contributed by atoms with Gasteiger partial charge in [-0.2, -0.15) is 0 Å². The minimum Gasteiger partial charge on any atom is -0.495 e. The maximum absolute atomic E-state index is 12.4. The first-order chi connectivity index (χ1) is 11.2. The minimum atomic E-state index is 0.00252. The van der Waals surface area contributed by atoms with Crippen molar-refractivity contribution in [2.24, 2.45) is 5.92 Å². The number of rotatable bonds is 4. The summed E-state index contributed by atoms with van der Waals surface area (Å²) in [5.74, 6) is 0.782. The Balaban J connectivity index is 1.77. The molecule has 2 N–H and O–H groups in total. The van der Waals surface area contributed by atoms with Crippen LogP contribution >= 0.6 is 0 Å². The van der Waals surface area contributed by atoms with E-state index in [-0.39, 0.29) is 17.7 Å². The van der Waals surface area contributed by atoms with Gasteiger partial charge in [-0.25, -0.2) is 0 Å². The molecule has 1 aromatic rings. The summed E-state index contributed by atoms with van der Waals surface area (Å²) in [6.07, 6.45) is 3.35. The van der Waals surface area contributed by atoms with E-state index in [2.05, 4.69) is 10.6 Å². The number of methoxy groups -OCH3 is 1. The normalized spacial score (nSPS) is 21.3. The molecule has 0 saturated carbocycles. The minimum absolute atomic E-state index is 0.00252. The first kappa shape index (κ1) is 15.8. The highest BCUT2D eigenvalue weighted by Gasteiger charge is 2.26. The molecule has 0 bridgehead atoms.